The van der Waals surface area contributed by atoms with Crippen LogP contribution in [-0.2, 0) is 0 Å². The molecule has 0 atom stereocenters. The van der Waals surface area contributed by atoms with Crippen LogP contribution in [0.5, 0.6) is 0 Å². The third-order valence-electron chi connectivity index (χ3n) is 2.49. The fourth-order valence-corrected chi connectivity index (χ4v) is 1.28. The van der Waals surface area contributed by atoms with E-state index in [1.807, 2.05) is 27.7 Å². The van der Waals surface area contributed by atoms with E-state index in [9.17, 15) is 4.79 Å². The van der Waals surface area contributed by atoms with Crippen LogP contribution in [0, 0.1) is 5.41 Å². The largest absolute Gasteiger partial charge is 0.396 e. The summed E-state index contributed by atoms with van der Waals surface area (Å²) in [6.07, 6.45) is 2.85. The predicted molar refractivity (Wildman–Crippen MR) is 82.4 cm³/mol. The third kappa shape index (κ3) is 4.62. The number of hydrogen-bond acceptors (Lipinski definition) is 4. The van der Waals surface area contributed by atoms with Gasteiger partial charge in [-0.3, -0.25) is 4.79 Å². The van der Waals surface area contributed by atoms with Gasteiger partial charge in [-0.2, -0.15) is 5.10 Å². The van der Waals surface area contributed by atoms with E-state index in [2.05, 4.69) is 28.7 Å². The van der Waals surface area contributed by atoms with Crippen LogP contribution in [0.4, 0.5) is 5.82 Å². The van der Waals surface area contributed by atoms with E-state index in [1.165, 1.54) is 17.1 Å². The lowest BCUT2D eigenvalue weighted by Crippen LogP contribution is -2.36. The number of nitrogens with one attached hydrogen (secondary N) is 1. The van der Waals surface area contributed by atoms with Gasteiger partial charge in [0.25, 0.3) is 5.91 Å². The second-order valence-electron chi connectivity index (χ2n) is 4.67. The summed E-state index contributed by atoms with van der Waals surface area (Å²) in [4.78, 5) is 15.7. The predicted octanol–water partition coefficient (Wildman–Crippen LogP) is 2.09. The number of aromatic nitrogens is 2. The Morgan fingerprint density at radius 1 is 1.60 bits per heavy atom. The quantitative estimate of drug-likeness (QED) is 0.783. The Hall–Kier alpha value is -1.95. The number of aliphatic imine (C=N–C) groups is 1. The molecule has 0 aliphatic carbocycles. The van der Waals surface area contributed by atoms with Crippen LogP contribution in [-0.4, -0.2) is 40.7 Å². The van der Waals surface area contributed by atoms with E-state index < -0.39 is 0 Å². The van der Waals surface area contributed by atoms with Crippen LogP contribution in [0.1, 0.15) is 38.1 Å². The Morgan fingerprint density at radius 2 is 2.20 bits per heavy atom. The van der Waals surface area contributed by atoms with Gasteiger partial charge >= 0.3 is 0 Å². The molecular weight excluding hydrogens is 256 g/mol. The van der Waals surface area contributed by atoms with Crippen LogP contribution < -0.4 is 5.32 Å². The maximum atomic E-state index is 11.9. The van der Waals surface area contributed by atoms with Crippen molar-refractivity contribution in [1.82, 2.24) is 15.1 Å². The number of amides is 1. The molecule has 0 spiro atoms. The fraction of sp³-hybridized carbons (Fsp3) is 0.500. The zero-order valence-corrected chi connectivity index (χ0v) is 12.7. The number of carbonyl (C=O) groups excluding carboxylic acids is 1. The molecule has 1 rings (SSSR count). The molecular formula is C14H24N4O2. The van der Waals surface area contributed by atoms with Crippen molar-refractivity contribution in [2.45, 2.75) is 27.7 Å². The molecule has 0 bridgehead atoms. The molecule has 0 saturated carbocycles. The van der Waals surface area contributed by atoms with Crippen LogP contribution in [0.25, 0.3) is 6.20 Å². The van der Waals surface area contributed by atoms with Crippen molar-refractivity contribution in [3.63, 3.8) is 0 Å². The Bertz CT molecular complexity index is 464. The van der Waals surface area contributed by atoms with Crippen molar-refractivity contribution in [2.75, 3.05) is 13.2 Å². The first kappa shape index (κ1) is 18.0. The van der Waals surface area contributed by atoms with E-state index in [0.29, 0.717) is 17.9 Å². The molecule has 0 aliphatic rings. The summed E-state index contributed by atoms with van der Waals surface area (Å²) in [6, 6.07) is 0. The second kappa shape index (κ2) is 8.27. The molecule has 1 amide bonds. The molecule has 20 heavy (non-hydrogen) atoms. The first-order valence-electron chi connectivity index (χ1n) is 6.51. The van der Waals surface area contributed by atoms with Gasteiger partial charge in [0.05, 0.1) is 6.20 Å². The van der Waals surface area contributed by atoms with E-state index in [0.717, 1.165) is 0 Å². The van der Waals surface area contributed by atoms with Gasteiger partial charge in [-0.25, -0.2) is 9.67 Å². The van der Waals surface area contributed by atoms with Gasteiger partial charge in [-0.1, -0.05) is 34.3 Å². The standard InChI is InChI=1S/C12H18N4O2.C2H6/c1-5-16-10(13-4)9(6-15-16)11(18)14-7-12(2,3)8-17;1-2/h5-6,17H,1,4,7-8H2,2-3H3,(H,14,18);1-2H3. The van der Waals surface area contributed by atoms with Gasteiger partial charge < -0.3 is 10.4 Å². The van der Waals surface area contributed by atoms with Crippen LogP contribution in [0.2, 0.25) is 0 Å². The summed E-state index contributed by atoms with van der Waals surface area (Å²) in [5.41, 5.74) is -0.0371. The van der Waals surface area contributed by atoms with Gasteiger partial charge in [-0.15, -0.1) is 0 Å². The number of aliphatic hydroxyl groups excluding tert-OH is 1. The zero-order valence-electron chi connectivity index (χ0n) is 12.7. The highest BCUT2D eigenvalue weighted by Crippen LogP contribution is 2.19. The molecule has 0 saturated heterocycles. The molecule has 0 fully saturated rings. The normalized spacial score (nSPS) is 10.2. The van der Waals surface area contributed by atoms with Gasteiger partial charge in [0.2, 0.25) is 0 Å². The van der Waals surface area contributed by atoms with E-state index in [1.54, 1.807) is 0 Å². The van der Waals surface area contributed by atoms with Gasteiger partial charge in [-0.05, 0) is 6.72 Å². The fourth-order valence-electron chi connectivity index (χ4n) is 1.28. The SMILES string of the molecule is C=Cn1ncc(C(=O)NCC(C)(C)CO)c1N=C.CC. The Balaban J connectivity index is 0.00000172. The lowest BCUT2D eigenvalue weighted by atomic mass is 9.95. The van der Waals surface area contributed by atoms with Crippen LogP contribution in [0.15, 0.2) is 17.8 Å². The van der Waals surface area contributed by atoms with Crippen LogP contribution in [0.3, 0.4) is 0 Å². The number of rotatable bonds is 6. The highest BCUT2D eigenvalue weighted by atomic mass is 16.3. The Labute approximate surface area is 120 Å². The van der Waals surface area contributed by atoms with E-state index in [4.69, 9.17) is 5.11 Å². The van der Waals surface area contributed by atoms with Gasteiger partial charge in [0, 0.05) is 24.8 Å². The number of aliphatic hydroxyl groups is 1. The molecule has 112 valence electrons. The van der Waals surface area contributed by atoms with Gasteiger partial charge in [0.15, 0.2) is 5.82 Å². The first-order valence-corrected chi connectivity index (χ1v) is 6.51. The first-order chi connectivity index (χ1) is 9.45. The van der Waals surface area contributed by atoms with Crippen molar-refractivity contribution >= 4 is 24.6 Å². The van der Waals surface area contributed by atoms with Crippen molar-refractivity contribution in [2.24, 2.45) is 10.4 Å². The highest BCUT2D eigenvalue weighted by molar-refractivity contribution is 5.98. The zero-order chi connectivity index (χ0) is 15.8. The third-order valence-corrected chi connectivity index (χ3v) is 2.49. The molecule has 1 aromatic heterocycles. The molecule has 0 aromatic carbocycles. The average Bonchev–Trinajstić information content (AvgIpc) is 2.89. The lowest BCUT2D eigenvalue weighted by Gasteiger charge is -2.21. The molecule has 2 N–H and O–H groups in total. The lowest BCUT2D eigenvalue weighted by molar-refractivity contribution is 0.0912. The van der Waals surface area contributed by atoms with Gasteiger partial charge in [0.1, 0.15) is 5.56 Å². The molecule has 0 radical (unpaired) electrons. The molecule has 0 unspecified atom stereocenters. The summed E-state index contributed by atoms with van der Waals surface area (Å²) in [5.74, 6) is 0.0522. The Kier molecular flexibility index (Phi) is 7.46. The number of hydrogen-bond donors (Lipinski definition) is 2. The maximum Gasteiger partial charge on any atom is 0.256 e. The maximum absolute atomic E-state index is 11.9. The molecule has 1 aromatic rings. The number of nitrogens with zero attached hydrogens (tertiary/aromatic N) is 3. The molecule has 6 nitrogen and oxygen atoms in total. The van der Waals surface area contributed by atoms with Crippen molar-refractivity contribution in [1.29, 1.82) is 0 Å². The number of carbonyl (C=O) groups is 1. The minimum absolute atomic E-state index is 0.00817. The van der Waals surface area contributed by atoms with E-state index in [-0.39, 0.29) is 17.9 Å². The second-order valence-corrected chi connectivity index (χ2v) is 4.67. The Morgan fingerprint density at radius 3 is 2.65 bits per heavy atom. The molecule has 0 aliphatic heterocycles. The summed E-state index contributed by atoms with van der Waals surface area (Å²) in [7, 11) is 0. The average molecular weight is 280 g/mol. The summed E-state index contributed by atoms with van der Waals surface area (Å²) < 4.78 is 1.37. The topological polar surface area (TPSA) is 79.5 Å². The van der Waals surface area contributed by atoms with E-state index >= 15 is 0 Å². The van der Waals surface area contributed by atoms with Crippen molar-refractivity contribution < 1.29 is 9.90 Å². The van der Waals surface area contributed by atoms with Crippen molar-refractivity contribution in [3.05, 3.63) is 18.3 Å². The van der Waals surface area contributed by atoms with Crippen molar-refractivity contribution in [3.8, 4) is 0 Å². The smallest absolute Gasteiger partial charge is 0.256 e. The summed E-state index contributed by atoms with van der Waals surface area (Å²) in [5, 5.41) is 15.8. The monoisotopic (exact) mass is 280 g/mol. The minimum Gasteiger partial charge on any atom is -0.396 e. The summed E-state index contributed by atoms with van der Waals surface area (Å²) >= 11 is 0. The van der Waals surface area contributed by atoms with Crippen LogP contribution >= 0.6 is 0 Å². The highest BCUT2D eigenvalue weighted by Gasteiger charge is 2.20. The summed E-state index contributed by atoms with van der Waals surface area (Å²) in [6.45, 7) is 15.0. The molecule has 1 heterocycles. The molecule has 6 heteroatoms. The minimum atomic E-state index is -0.369.